The molecule has 0 saturated carbocycles. The summed E-state index contributed by atoms with van der Waals surface area (Å²) in [7, 11) is 2.04. The molecule has 4 heterocycles. The first kappa shape index (κ1) is 21.0. The van der Waals surface area contributed by atoms with Gasteiger partial charge >= 0.3 is 0 Å². The standard InChI is InChI=1S/C25H34N4O/c1-28(25(30)24-19-29-15-12-22(24)18-29)23(10-2-6-20-8-4-13-26-16-20)11-3-7-21-9-5-14-27-17-21/h4-5,8-9,13-14,16-17,22-24H,2-3,6-7,10-12,15,18-19H2,1H3. The Bertz CT molecular complexity index is 752. The average Bonchev–Trinajstić information content (AvgIpc) is 3.42. The number of pyridine rings is 2. The number of rotatable bonds is 10. The van der Waals surface area contributed by atoms with Gasteiger partial charge in [0.25, 0.3) is 0 Å². The van der Waals surface area contributed by atoms with Gasteiger partial charge in [0, 0.05) is 51.0 Å². The molecule has 2 saturated heterocycles. The summed E-state index contributed by atoms with van der Waals surface area (Å²) >= 11 is 0. The number of piperidine rings is 1. The van der Waals surface area contributed by atoms with Gasteiger partial charge in [-0.05, 0) is 80.7 Å². The molecule has 0 N–H and O–H groups in total. The third-order valence-corrected chi connectivity index (χ3v) is 7.00. The minimum absolute atomic E-state index is 0.211. The van der Waals surface area contributed by atoms with E-state index in [1.165, 1.54) is 24.1 Å². The number of hydrogen-bond acceptors (Lipinski definition) is 4. The van der Waals surface area contributed by atoms with Gasteiger partial charge in [0.15, 0.2) is 0 Å². The number of nitrogens with zero attached hydrogens (tertiary/aromatic N) is 4. The smallest absolute Gasteiger partial charge is 0.227 e. The largest absolute Gasteiger partial charge is 0.342 e. The second-order valence-electron chi connectivity index (χ2n) is 9.02. The molecular weight excluding hydrogens is 372 g/mol. The predicted molar refractivity (Wildman–Crippen MR) is 119 cm³/mol. The van der Waals surface area contributed by atoms with Crippen LogP contribution in [0.15, 0.2) is 49.1 Å². The second kappa shape index (κ2) is 10.2. The van der Waals surface area contributed by atoms with Crippen LogP contribution in [0.5, 0.6) is 0 Å². The van der Waals surface area contributed by atoms with E-state index in [0.717, 1.165) is 51.6 Å². The highest BCUT2D eigenvalue weighted by atomic mass is 16.2. The Labute approximate surface area is 180 Å². The van der Waals surface area contributed by atoms with Crippen molar-refractivity contribution >= 4 is 5.91 Å². The van der Waals surface area contributed by atoms with Crippen LogP contribution in [0.1, 0.15) is 43.2 Å². The van der Waals surface area contributed by atoms with E-state index in [2.05, 4.69) is 31.9 Å². The molecule has 2 aromatic rings. The molecule has 3 unspecified atom stereocenters. The highest BCUT2D eigenvalue weighted by molar-refractivity contribution is 5.80. The van der Waals surface area contributed by atoms with Crippen LogP contribution in [-0.4, -0.2) is 58.4 Å². The van der Waals surface area contributed by atoms with Crippen LogP contribution in [0.2, 0.25) is 0 Å². The Morgan fingerprint density at radius 2 is 1.70 bits per heavy atom. The summed E-state index contributed by atoms with van der Waals surface area (Å²) in [5.41, 5.74) is 2.56. The summed E-state index contributed by atoms with van der Waals surface area (Å²) in [6, 6.07) is 8.59. The zero-order chi connectivity index (χ0) is 20.8. The van der Waals surface area contributed by atoms with Crippen molar-refractivity contribution in [1.82, 2.24) is 19.8 Å². The van der Waals surface area contributed by atoms with Gasteiger partial charge in [-0.25, -0.2) is 0 Å². The van der Waals surface area contributed by atoms with Gasteiger partial charge < -0.3 is 9.80 Å². The first-order valence-electron chi connectivity index (χ1n) is 11.5. The van der Waals surface area contributed by atoms with E-state index < -0.39 is 0 Å². The molecule has 0 aliphatic carbocycles. The van der Waals surface area contributed by atoms with Crippen LogP contribution >= 0.6 is 0 Å². The monoisotopic (exact) mass is 406 g/mol. The third kappa shape index (κ3) is 5.25. The average molecular weight is 407 g/mol. The van der Waals surface area contributed by atoms with Gasteiger partial charge in [-0.3, -0.25) is 14.8 Å². The van der Waals surface area contributed by atoms with Crippen molar-refractivity contribution in [2.24, 2.45) is 11.8 Å². The van der Waals surface area contributed by atoms with Crippen molar-refractivity contribution in [2.75, 3.05) is 26.7 Å². The Balaban J connectivity index is 1.34. The molecule has 1 amide bonds. The van der Waals surface area contributed by atoms with Crippen molar-refractivity contribution in [3.63, 3.8) is 0 Å². The summed E-state index contributed by atoms with van der Waals surface area (Å²) in [5.74, 6) is 1.16. The van der Waals surface area contributed by atoms with Crippen molar-refractivity contribution in [2.45, 2.75) is 51.0 Å². The number of aromatic nitrogens is 2. The fraction of sp³-hybridized carbons (Fsp3) is 0.560. The van der Waals surface area contributed by atoms with Crippen molar-refractivity contribution < 1.29 is 4.79 Å². The molecule has 2 aliphatic heterocycles. The van der Waals surface area contributed by atoms with E-state index in [-0.39, 0.29) is 5.92 Å². The van der Waals surface area contributed by atoms with Crippen LogP contribution in [0.3, 0.4) is 0 Å². The summed E-state index contributed by atoms with van der Waals surface area (Å²) in [5, 5.41) is 0. The maximum atomic E-state index is 13.3. The molecule has 2 fully saturated rings. The Hall–Kier alpha value is -2.27. The SMILES string of the molecule is CN(C(=O)C1CN2CCC1C2)C(CCCc1cccnc1)CCCc1cccnc1. The molecular formula is C25H34N4O. The van der Waals surface area contributed by atoms with Crippen LogP contribution in [0.4, 0.5) is 0 Å². The molecule has 4 rings (SSSR count). The first-order valence-corrected chi connectivity index (χ1v) is 11.5. The second-order valence-corrected chi connectivity index (χ2v) is 9.02. The zero-order valence-electron chi connectivity index (χ0n) is 18.1. The van der Waals surface area contributed by atoms with Crippen LogP contribution in [-0.2, 0) is 17.6 Å². The summed E-state index contributed by atoms with van der Waals surface area (Å²) in [6.07, 6.45) is 15.1. The lowest BCUT2D eigenvalue weighted by Crippen LogP contribution is -2.44. The van der Waals surface area contributed by atoms with Crippen LogP contribution < -0.4 is 0 Å². The first-order chi connectivity index (χ1) is 14.7. The molecule has 2 aromatic heterocycles. The topological polar surface area (TPSA) is 49.3 Å². The summed E-state index contributed by atoms with van der Waals surface area (Å²) in [6.45, 7) is 3.26. The van der Waals surface area contributed by atoms with Crippen LogP contribution in [0.25, 0.3) is 0 Å². The summed E-state index contributed by atoms with van der Waals surface area (Å²) in [4.78, 5) is 26.3. The fourth-order valence-corrected chi connectivity index (χ4v) is 5.21. The maximum Gasteiger partial charge on any atom is 0.227 e. The number of fused-ring (bicyclic) bond motifs is 2. The molecule has 30 heavy (non-hydrogen) atoms. The van der Waals surface area contributed by atoms with Gasteiger partial charge in [0.2, 0.25) is 5.91 Å². The lowest BCUT2D eigenvalue weighted by Gasteiger charge is -2.33. The number of carbonyl (C=O) groups is 1. The highest BCUT2D eigenvalue weighted by Gasteiger charge is 2.43. The van der Waals surface area contributed by atoms with E-state index in [1.807, 2.05) is 44.0 Å². The molecule has 5 nitrogen and oxygen atoms in total. The zero-order valence-corrected chi connectivity index (χ0v) is 18.1. The molecule has 3 atom stereocenters. The molecule has 2 bridgehead atoms. The van der Waals surface area contributed by atoms with Gasteiger partial charge in [0.1, 0.15) is 0 Å². The third-order valence-electron chi connectivity index (χ3n) is 7.00. The van der Waals surface area contributed by atoms with Crippen molar-refractivity contribution in [3.05, 3.63) is 60.2 Å². The molecule has 5 heteroatoms. The van der Waals surface area contributed by atoms with Crippen molar-refractivity contribution in [1.29, 1.82) is 0 Å². The van der Waals surface area contributed by atoms with E-state index in [1.54, 1.807) is 0 Å². The van der Waals surface area contributed by atoms with E-state index >= 15 is 0 Å². The lowest BCUT2D eigenvalue weighted by atomic mass is 9.90. The normalized spacial score (nSPS) is 22.5. The molecule has 160 valence electrons. The predicted octanol–water partition coefficient (Wildman–Crippen LogP) is 3.60. The number of carbonyl (C=O) groups excluding carboxylic acids is 1. The maximum absolute atomic E-state index is 13.3. The van der Waals surface area contributed by atoms with E-state index in [4.69, 9.17) is 0 Å². The Morgan fingerprint density at radius 1 is 1.07 bits per heavy atom. The van der Waals surface area contributed by atoms with Crippen LogP contribution in [0, 0.1) is 11.8 Å². The van der Waals surface area contributed by atoms with Gasteiger partial charge in [0.05, 0.1) is 5.92 Å². The van der Waals surface area contributed by atoms with E-state index in [0.29, 0.717) is 17.9 Å². The molecule has 0 spiro atoms. The quantitative estimate of drug-likeness (QED) is 0.605. The Morgan fingerprint density at radius 3 is 2.17 bits per heavy atom. The minimum atomic E-state index is 0.211. The Kier molecular flexibility index (Phi) is 7.11. The number of aryl methyl sites for hydroxylation is 2. The minimum Gasteiger partial charge on any atom is -0.342 e. The fourth-order valence-electron chi connectivity index (χ4n) is 5.21. The van der Waals surface area contributed by atoms with Gasteiger partial charge in [-0.2, -0.15) is 0 Å². The molecule has 0 aromatic carbocycles. The van der Waals surface area contributed by atoms with Gasteiger partial charge in [-0.15, -0.1) is 0 Å². The van der Waals surface area contributed by atoms with E-state index in [9.17, 15) is 4.79 Å². The molecule has 0 radical (unpaired) electrons. The summed E-state index contributed by atoms with van der Waals surface area (Å²) < 4.78 is 0. The molecule has 2 aliphatic rings. The number of hydrogen-bond donors (Lipinski definition) is 0. The number of amides is 1. The lowest BCUT2D eigenvalue weighted by molar-refractivity contribution is -0.137. The van der Waals surface area contributed by atoms with Crippen molar-refractivity contribution in [3.8, 4) is 0 Å². The van der Waals surface area contributed by atoms with Gasteiger partial charge in [-0.1, -0.05) is 12.1 Å². The highest BCUT2D eigenvalue weighted by Crippen LogP contribution is 2.34.